The van der Waals surface area contributed by atoms with Gasteiger partial charge in [-0.1, -0.05) is 0 Å². The lowest BCUT2D eigenvalue weighted by molar-refractivity contribution is -1.09. The standard InChI is InChI=1S/HN3O2/c1-2-3(4)5/h2H. The van der Waals surface area contributed by atoms with E-state index in [-0.39, 0.29) is 0 Å². The summed E-state index contributed by atoms with van der Waals surface area (Å²) in [7, 11) is 0. The van der Waals surface area contributed by atoms with Crippen LogP contribution in [0.1, 0.15) is 0 Å². The molecule has 0 fully saturated rings. The van der Waals surface area contributed by atoms with E-state index < -0.39 is 5.03 Å². The lowest BCUT2D eigenvalue weighted by Gasteiger charge is -1.74. The molecule has 0 saturated carbocycles. The molecule has 0 aliphatic heterocycles. The third kappa shape index (κ3) is 3.00. The number of nitrogens with zero attached hydrogens (tertiary/aromatic N) is 2. The third-order valence-electron chi connectivity index (χ3n) is 0.0816. The molecule has 1 N–H and O–H groups in total. The van der Waals surface area contributed by atoms with Crippen molar-refractivity contribution < 1.29 is 10.3 Å². The predicted molar refractivity (Wildman–Crippen MR) is 11.3 cm³/mol. The van der Waals surface area contributed by atoms with Gasteiger partial charge in [0.05, 0.1) is 0 Å². The zero-order valence-electron chi connectivity index (χ0n) is 2.21. The summed E-state index contributed by atoms with van der Waals surface area (Å²) >= 11 is 0. The lowest BCUT2D eigenvalue weighted by atomic mass is 12.6. The fraction of sp³-hybridized carbons (Fsp3) is 0. The first kappa shape index (κ1) is 4.00. The Morgan fingerprint density at radius 2 is 2.20 bits per heavy atom. The molecule has 5 heteroatoms. The van der Waals surface area contributed by atoms with Gasteiger partial charge in [0.15, 0.2) is 0 Å². The zero-order valence-corrected chi connectivity index (χ0v) is 2.21. The smallest absolute Gasteiger partial charge is 0.203 e. The molecule has 5 heavy (non-hydrogen) atoms. The lowest BCUT2D eigenvalue weighted by Crippen LogP contribution is -2.68. The minimum Gasteiger partial charge on any atom is -0.410 e. The Labute approximate surface area is 27.2 Å². The Kier molecular flexibility index (Phi) is 1.07. The van der Waals surface area contributed by atoms with Crippen LogP contribution in [0.25, 0.3) is 5.53 Å². The summed E-state index contributed by atoms with van der Waals surface area (Å²) in [6.45, 7) is 0. The second-order valence-corrected chi connectivity index (χ2v) is 0.357. The van der Waals surface area contributed by atoms with Crippen LogP contribution in [0.3, 0.4) is 0 Å². The van der Waals surface area contributed by atoms with Crippen LogP contribution < -0.4 is 5.22 Å². The molecular weight excluding hydrogens is 74.0 g/mol. The van der Waals surface area contributed by atoms with Crippen LogP contribution >= 0.6 is 0 Å². The van der Waals surface area contributed by atoms with Gasteiger partial charge in [-0.3, -0.25) is 0 Å². The highest BCUT2D eigenvalue weighted by Crippen LogP contribution is 1.26. The molecule has 0 heterocycles. The first-order valence-corrected chi connectivity index (χ1v) is 0.812. The van der Waals surface area contributed by atoms with Gasteiger partial charge in [-0.15, -0.1) is 0 Å². The Morgan fingerprint density at radius 1 is 2.00 bits per heavy atom. The third-order valence-corrected chi connectivity index (χ3v) is 0.0816. The molecule has 0 atom stereocenters. The van der Waals surface area contributed by atoms with Gasteiger partial charge in [0.1, 0.15) is 0 Å². The summed E-state index contributed by atoms with van der Waals surface area (Å²) in [6, 6.07) is 0. The van der Waals surface area contributed by atoms with E-state index in [0.717, 1.165) is 5.22 Å². The van der Waals surface area contributed by atoms with Gasteiger partial charge in [0.25, 0.3) is 0 Å². The number of hydrazine groups is 1. The molecule has 0 aliphatic carbocycles. The van der Waals surface area contributed by atoms with Crippen LogP contribution in [-0.2, 0) is 0 Å². The van der Waals surface area contributed by atoms with Gasteiger partial charge in [-0.05, 0) is 0 Å². The molecule has 0 radical (unpaired) electrons. The first-order chi connectivity index (χ1) is 2.27. The fourth-order valence-corrected chi connectivity index (χ4v) is 0. The largest absolute Gasteiger partial charge is 0.410 e. The molecule has 0 rings (SSSR count). The van der Waals surface area contributed by atoms with Gasteiger partial charge in [-0.2, -0.15) is 0 Å². The van der Waals surface area contributed by atoms with Crippen LogP contribution in [0.15, 0.2) is 0 Å². The molecule has 0 saturated heterocycles. The summed E-state index contributed by atoms with van der Waals surface area (Å²) in [6.07, 6.45) is 0. The number of rotatable bonds is 1. The summed E-state index contributed by atoms with van der Waals surface area (Å²) < 4.78 is 0. The summed E-state index contributed by atoms with van der Waals surface area (Å²) in [4.78, 5) is 8.81. The molecule has 0 bridgehead atoms. The fourth-order valence-electron chi connectivity index (χ4n) is 0. The average molecular weight is 75.0 g/mol. The van der Waals surface area contributed by atoms with Crippen LogP contribution in [0.4, 0.5) is 0 Å². The molecule has 0 aromatic heterocycles. The molecule has 28 valence electrons. The molecule has 0 amide bonds. The Hall–Kier alpha value is -1.00. The SMILES string of the molecule is [N-]=[NH+][N+](=O)[O-]. The molecule has 0 aromatic rings. The van der Waals surface area contributed by atoms with Gasteiger partial charge in [-0.25, -0.2) is 0 Å². The van der Waals surface area contributed by atoms with Crippen molar-refractivity contribution in [3.8, 4) is 0 Å². The quantitative estimate of drug-likeness (QED) is 0.228. The van der Waals surface area contributed by atoms with Gasteiger partial charge < -0.3 is 10.1 Å². The Balaban J connectivity index is 3.20. The van der Waals surface area contributed by atoms with Crippen molar-refractivity contribution in [3.05, 3.63) is 15.6 Å². The van der Waals surface area contributed by atoms with Crippen LogP contribution in [0.5, 0.6) is 0 Å². The van der Waals surface area contributed by atoms with Crippen molar-refractivity contribution >= 4 is 0 Å². The number of hydrogen-bond donors (Lipinski definition) is 1. The minimum atomic E-state index is -1.07. The highest BCUT2D eigenvalue weighted by atomic mass is 16.7. The summed E-state index contributed by atoms with van der Waals surface area (Å²) in [5.74, 6) is 0. The minimum absolute atomic E-state index is 0.750. The zero-order chi connectivity index (χ0) is 4.28. The van der Waals surface area contributed by atoms with Crippen molar-refractivity contribution in [1.82, 2.24) is 0 Å². The highest BCUT2D eigenvalue weighted by Gasteiger charge is 1.61. The number of nitrogens with one attached hydrogen (secondary N) is 1. The maximum absolute atomic E-state index is 8.81. The van der Waals surface area contributed by atoms with E-state index in [4.69, 9.17) is 15.6 Å². The van der Waals surface area contributed by atoms with Crippen LogP contribution in [0.2, 0.25) is 0 Å². The van der Waals surface area contributed by atoms with E-state index in [9.17, 15) is 0 Å². The average Bonchev–Trinajstić information content (AvgIpc) is 1.38. The summed E-state index contributed by atoms with van der Waals surface area (Å²) in [5.41, 5.74) is 7.19. The van der Waals surface area contributed by atoms with Crippen LogP contribution in [0, 0.1) is 10.1 Å². The van der Waals surface area contributed by atoms with Crippen molar-refractivity contribution in [2.45, 2.75) is 0 Å². The maximum Gasteiger partial charge on any atom is 0.203 e. The van der Waals surface area contributed by atoms with E-state index >= 15 is 0 Å². The van der Waals surface area contributed by atoms with E-state index in [1.807, 2.05) is 0 Å². The second-order valence-electron chi connectivity index (χ2n) is 0.357. The molecule has 0 spiro atoms. The molecule has 0 aliphatic rings. The Bertz CT molecular complexity index is 55.9. The van der Waals surface area contributed by atoms with Crippen molar-refractivity contribution in [1.29, 1.82) is 0 Å². The maximum atomic E-state index is 8.81. The van der Waals surface area contributed by atoms with Gasteiger partial charge in [0, 0.05) is 10.3 Å². The van der Waals surface area contributed by atoms with E-state index in [0.29, 0.717) is 0 Å². The van der Waals surface area contributed by atoms with Gasteiger partial charge in [0.2, 0.25) is 5.53 Å². The first-order valence-electron chi connectivity index (χ1n) is 0.812. The normalized spacial score (nSPS) is 6.40. The van der Waals surface area contributed by atoms with E-state index in [2.05, 4.69) is 0 Å². The second kappa shape index (κ2) is 1.33. The molecule has 5 nitrogen and oxygen atoms in total. The molecular formula is HN3O2. The molecule has 0 unspecified atom stereocenters. The molecule has 0 aromatic carbocycles. The summed E-state index contributed by atoms with van der Waals surface area (Å²) in [5, 5.41) is 8.49. The number of hydrogen-bond acceptors (Lipinski definition) is 2. The van der Waals surface area contributed by atoms with E-state index in [1.165, 1.54) is 0 Å². The van der Waals surface area contributed by atoms with Gasteiger partial charge >= 0.3 is 0 Å². The van der Waals surface area contributed by atoms with Crippen LogP contribution in [-0.4, -0.2) is 5.03 Å². The van der Waals surface area contributed by atoms with E-state index in [1.54, 1.807) is 0 Å². The van der Waals surface area contributed by atoms with Crippen molar-refractivity contribution in [2.75, 3.05) is 0 Å². The van der Waals surface area contributed by atoms with Crippen molar-refractivity contribution in [3.63, 3.8) is 0 Å². The highest BCUT2D eigenvalue weighted by molar-refractivity contribution is 3.84. The number of nitro groups is 1. The predicted octanol–water partition coefficient (Wildman–Crippen LogP) is -1.72. The Morgan fingerprint density at radius 3 is 2.20 bits per heavy atom. The van der Waals surface area contributed by atoms with Crippen molar-refractivity contribution in [2.24, 2.45) is 0 Å². The topological polar surface area (TPSA) is 79.4 Å². The monoisotopic (exact) mass is 75.0 g/mol.